The molecule has 5 heteroatoms. The number of para-hydroxylation sites is 1. The molecule has 5 nitrogen and oxygen atoms in total. The van der Waals surface area contributed by atoms with Crippen LogP contribution in [0.3, 0.4) is 0 Å². The third kappa shape index (κ3) is 4.73. The summed E-state index contributed by atoms with van der Waals surface area (Å²) in [6.45, 7) is 2.18. The van der Waals surface area contributed by atoms with Crippen LogP contribution in [0.2, 0.25) is 0 Å². The molecule has 0 heterocycles. The second-order valence-electron chi connectivity index (χ2n) is 5.99. The summed E-state index contributed by atoms with van der Waals surface area (Å²) in [6, 6.07) is 23.8. The average molecular weight is 360 g/mol. The van der Waals surface area contributed by atoms with Crippen LogP contribution in [-0.4, -0.2) is 11.8 Å². The smallest absolute Gasteiger partial charge is 0.273 e. The van der Waals surface area contributed by atoms with Crippen LogP contribution in [0.1, 0.15) is 31.8 Å². The standard InChI is InChI=1S/C22H20N2O3/c1-16-9-5-6-12-18(16)21(25)23-24-22(26)19-13-7-8-14-20(19)27-15-17-10-3-2-4-11-17/h2-14H,15H2,1H3,(H,23,25)(H,24,26). The number of carbonyl (C=O) groups excluding carboxylic acids is 2. The van der Waals surface area contributed by atoms with E-state index in [0.29, 0.717) is 23.5 Å². The van der Waals surface area contributed by atoms with Gasteiger partial charge in [-0.05, 0) is 36.2 Å². The topological polar surface area (TPSA) is 67.4 Å². The molecule has 0 saturated heterocycles. The Morgan fingerprint density at radius 3 is 2.00 bits per heavy atom. The van der Waals surface area contributed by atoms with Crippen LogP contribution in [0.4, 0.5) is 0 Å². The van der Waals surface area contributed by atoms with Crippen molar-refractivity contribution in [1.29, 1.82) is 0 Å². The molecule has 2 amide bonds. The Bertz CT molecular complexity index is 939. The predicted molar refractivity (Wildman–Crippen MR) is 103 cm³/mol. The molecule has 0 atom stereocenters. The zero-order valence-corrected chi connectivity index (χ0v) is 14.9. The maximum Gasteiger partial charge on any atom is 0.273 e. The summed E-state index contributed by atoms with van der Waals surface area (Å²) in [7, 11) is 0. The van der Waals surface area contributed by atoms with E-state index in [9.17, 15) is 9.59 Å². The number of rotatable bonds is 5. The number of ether oxygens (including phenoxy) is 1. The van der Waals surface area contributed by atoms with Crippen molar-refractivity contribution in [2.45, 2.75) is 13.5 Å². The van der Waals surface area contributed by atoms with E-state index < -0.39 is 5.91 Å². The molecule has 136 valence electrons. The lowest BCUT2D eigenvalue weighted by molar-refractivity contribution is 0.0843. The van der Waals surface area contributed by atoms with Gasteiger partial charge in [0.15, 0.2) is 0 Å². The molecule has 0 aliphatic heterocycles. The van der Waals surface area contributed by atoms with E-state index in [1.165, 1.54) is 0 Å². The van der Waals surface area contributed by atoms with Crippen molar-refractivity contribution >= 4 is 11.8 Å². The molecule has 0 radical (unpaired) electrons. The summed E-state index contributed by atoms with van der Waals surface area (Å²) in [6.07, 6.45) is 0. The molecular formula is C22H20N2O3. The van der Waals surface area contributed by atoms with E-state index in [2.05, 4.69) is 10.9 Å². The summed E-state index contributed by atoms with van der Waals surface area (Å²) in [4.78, 5) is 24.7. The van der Waals surface area contributed by atoms with Crippen LogP contribution in [0.15, 0.2) is 78.9 Å². The van der Waals surface area contributed by atoms with Gasteiger partial charge in [0, 0.05) is 5.56 Å². The Hall–Kier alpha value is -3.60. The van der Waals surface area contributed by atoms with Gasteiger partial charge < -0.3 is 4.74 Å². The highest BCUT2D eigenvalue weighted by Gasteiger charge is 2.14. The monoisotopic (exact) mass is 360 g/mol. The summed E-state index contributed by atoms with van der Waals surface area (Å²) in [5, 5.41) is 0. The van der Waals surface area contributed by atoms with Gasteiger partial charge in [-0.25, -0.2) is 0 Å². The number of nitrogens with one attached hydrogen (secondary N) is 2. The molecule has 27 heavy (non-hydrogen) atoms. The summed E-state index contributed by atoms with van der Waals surface area (Å²) in [5.74, 6) is -0.367. The first-order chi connectivity index (χ1) is 13.1. The van der Waals surface area contributed by atoms with Crippen LogP contribution in [0.5, 0.6) is 5.75 Å². The number of hydrogen-bond acceptors (Lipinski definition) is 3. The van der Waals surface area contributed by atoms with Crippen LogP contribution in [0.25, 0.3) is 0 Å². The third-order valence-corrected chi connectivity index (χ3v) is 4.05. The highest BCUT2D eigenvalue weighted by molar-refractivity contribution is 6.00. The highest BCUT2D eigenvalue weighted by Crippen LogP contribution is 2.19. The molecule has 0 aromatic heterocycles. The van der Waals surface area contributed by atoms with Gasteiger partial charge >= 0.3 is 0 Å². The van der Waals surface area contributed by atoms with Crippen LogP contribution < -0.4 is 15.6 Å². The summed E-state index contributed by atoms with van der Waals surface area (Å²) < 4.78 is 5.78. The Balaban J connectivity index is 1.65. The zero-order valence-electron chi connectivity index (χ0n) is 14.9. The second kappa shape index (κ2) is 8.67. The second-order valence-corrected chi connectivity index (χ2v) is 5.99. The molecular weight excluding hydrogens is 340 g/mol. The number of benzene rings is 3. The molecule has 0 aliphatic rings. The van der Waals surface area contributed by atoms with Crippen LogP contribution in [0, 0.1) is 6.92 Å². The van der Waals surface area contributed by atoms with Gasteiger partial charge in [-0.1, -0.05) is 60.7 Å². The zero-order chi connectivity index (χ0) is 19.1. The first-order valence-electron chi connectivity index (χ1n) is 8.57. The van der Waals surface area contributed by atoms with Crippen molar-refractivity contribution in [2.75, 3.05) is 0 Å². The highest BCUT2D eigenvalue weighted by atomic mass is 16.5. The number of aryl methyl sites for hydroxylation is 1. The van der Waals surface area contributed by atoms with Gasteiger partial charge in [0.2, 0.25) is 0 Å². The van der Waals surface area contributed by atoms with Gasteiger partial charge in [0.25, 0.3) is 11.8 Å². The lowest BCUT2D eigenvalue weighted by Crippen LogP contribution is -2.42. The first-order valence-corrected chi connectivity index (χ1v) is 8.57. The van der Waals surface area contributed by atoms with Crippen molar-refractivity contribution in [3.8, 4) is 5.75 Å². The first kappa shape index (κ1) is 18.2. The van der Waals surface area contributed by atoms with E-state index >= 15 is 0 Å². The molecule has 3 rings (SSSR count). The van der Waals surface area contributed by atoms with Crippen molar-refractivity contribution in [1.82, 2.24) is 10.9 Å². The van der Waals surface area contributed by atoms with Crippen LogP contribution in [-0.2, 0) is 6.61 Å². The number of amides is 2. The van der Waals surface area contributed by atoms with Gasteiger partial charge in [-0.3, -0.25) is 20.4 Å². The predicted octanol–water partition coefficient (Wildman–Crippen LogP) is 3.65. The molecule has 0 fully saturated rings. The maximum absolute atomic E-state index is 12.5. The number of carbonyl (C=O) groups is 2. The van der Waals surface area contributed by atoms with Gasteiger partial charge in [-0.15, -0.1) is 0 Å². The fourth-order valence-electron chi connectivity index (χ4n) is 2.59. The molecule has 0 unspecified atom stereocenters. The Morgan fingerprint density at radius 2 is 1.30 bits per heavy atom. The van der Waals surface area contributed by atoms with E-state index in [4.69, 9.17) is 4.74 Å². The fraction of sp³-hybridized carbons (Fsp3) is 0.0909. The fourth-order valence-corrected chi connectivity index (χ4v) is 2.59. The van der Waals surface area contributed by atoms with Crippen molar-refractivity contribution < 1.29 is 14.3 Å². The van der Waals surface area contributed by atoms with E-state index in [1.807, 2.05) is 49.4 Å². The van der Waals surface area contributed by atoms with Crippen molar-refractivity contribution in [3.05, 3.63) is 101 Å². The Labute approximate surface area is 158 Å². The van der Waals surface area contributed by atoms with Crippen molar-refractivity contribution in [3.63, 3.8) is 0 Å². The SMILES string of the molecule is Cc1ccccc1C(=O)NNC(=O)c1ccccc1OCc1ccccc1. The molecule has 0 spiro atoms. The molecule has 0 bridgehead atoms. The number of hydrazine groups is 1. The molecule has 0 saturated carbocycles. The minimum atomic E-state index is -0.444. The van der Waals surface area contributed by atoms with E-state index in [1.54, 1.807) is 36.4 Å². The maximum atomic E-state index is 12.5. The lowest BCUT2D eigenvalue weighted by Gasteiger charge is -2.13. The minimum absolute atomic E-state index is 0.346. The van der Waals surface area contributed by atoms with Gasteiger partial charge in [-0.2, -0.15) is 0 Å². The van der Waals surface area contributed by atoms with Gasteiger partial charge in [0.05, 0.1) is 5.56 Å². The molecule has 3 aromatic carbocycles. The lowest BCUT2D eigenvalue weighted by atomic mass is 10.1. The molecule has 2 N–H and O–H groups in total. The Kier molecular flexibility index (Phi) is 5.84. The quantitative estimate of drug-likeness (QED) is 0.683. The minimum Gasteiger partial charge on any atom is -0.488 e. The van der Waals surface area contributed by atoms with Crippen molar-refractivity contribution in [2.24, 2.45) is 0 Å². The van der Waals surface area contributed by atoms with Crippen LogP contribution >= 0.6 is 0 Å². The Morgan fingerprint density at radius 1 is 0.741 bits per heavy atom. The third-order valence-electron chi connectivity index (χ3n) is 4.05. The number of hydrogen-bond donors (Lipinski definition) is 2. The normalized spacial score (nSPS) is 10.1. The largest absolute Gasteiger partial charge is 0.488 e. The summed E-state index contributed by atoms with van der Waals surface area (Å²) >= 11 is 0. The molecule has 0 aliphatic carbocycles. The van der Waals surface area contributed by atoms with E-state index in [0.717, 1.165) is 11.1 Å². The molecule has 3 aromatic rings. The van der Waals surface area contributed by atoms with Gasteiger partial charge in [0.1, 0.15) is 12.4 Å². The average Bonchev–Trinajstić information content (AvgIpc) is 2.71. The summed E-state index contributed by atoms with van der Waals surface area (Å²) in [5.41, 5.74) is 7.57. The van der Waals surface area contributed by atoms with E-state index in [-0.39, 0.29) is 5.91 Å².